The smallest absolute Gasteiger partial charge is 0.165 e. The van der Waals surface area contributed by atoms with Gasteiger partial charge >= 0.3 is 0 Å². The summed E-state index contributed by atoms with van der Waals surface area (Å²) < 4.78 is 12.1. The summed E-state index contributed by atoms with van der Waals surface area (Å²) in [6.07, 6.45) is 1.67. The van der Waals surface area contributed by atoms with Crippen molar-refractivity contribution in [3.8, 4) is 11.5 Å². The van der Waals surface area contributed by atoms with Gasteiger partial charge in [-0.25, -0.2) is 4.68 Å². The molecule has 0 unspecified atom stereocenters. The van der Waals surface area contributed by atoms with Gasteiger partial charge in [-0.15, -0.1) is 5.10 Å². The van der Waals surface area contributed by atoms with Crippen molar-refractivity contribution in [1.29, 1.82) is 0 Å². The summed E-state index contributed by atoms with van der Waals surface area (Å²) in [7, 11) is 3.25. The molecule has 0 amide bonds. The number of benzene rings is 1. The second-order valence-electron chi connectivity index (χ2n) is 3.52. The van der Waals surface area contributed by atoms with E-state index < -0.39 is 0 Å². The first-order valence-electron chi connectivity index (χ1n) is 5.09. The Bertz CT molecular complexity index is 510. The largest absolute Gasteiger partial charge is 0.497 e. The minimum atomic E-state index is 0.395. The molecule has 90 valence electrons. The van der Waals surface area contributed by atoms with Gasteiger partial charge in [0.1, 0.15) is 11.5 Å². The van der Waals surface area contributed by atoms with Crippen molar-refractivity contribution in [2.75, 3.05) is 20.0 Å². The van der Waals surface area contributed by atoms with E-state index in [0.717, 1.165) is 17.1 Å². The van der Waals surface area contributed by atoms with Gasteiger partial charge in [-0.05, 0) is 18.2 Å². The van der Waals surface area contributed by atoms with Crippen LogP contribution in [0.3, 0.4) is 0 Å². The Morgan fingerprint density at radius 3 is 2.71 bits per heavy atom. The van der Waals surface area contributed by atoms with Gasteiger partial charge in [0.05, 0.1) is 27.0 Å². The Morgan fingerprint density at radius 1 is 1.29 bits per heavy atom. The van der Waals surface area contributed by atoms with Crippen molar-refractivity contribution >= 4 is 5.82 Å². The number of rotatable bonds is 4. The number of aromatic nitrogens is 3. The maximum Gasteiger partial charge on any atom is 0.165 e. The number of methoxy groups -OCH3 is 2. The number of nitrogens with zero attached hydrogens (tertiary/aromatic N) is 3. The number of ether oxygens (including phenoxy) is 2. The van der Waals surface area contributed by atoms with E-state index in [1.165, 1.54) is 0 Å². The van der Waals surface area contributed by atoms with Crippen LogP contribution in [0.5, 0.6) is 11.5 Å². The molecular weight excluding hydrogens is 220 g/mol. The lowest BCUT2D eigenvalue weighted by Gasteiger charge is -2.09. The van der Waals surface area contributed by atoms with Crippen LogP contribution in [0.25, 0.3) is 0 Å². The molecule has 1 aromatic carbocycles. The summed E-state index contributed by atoms with van der Waals surface area (Å²) >= 11 is 0. The van der Waals surface area contributed by atoms with Gasteiger partial charge < -0.3 is 15.2 Å². The molecule has 6 nitrogen and oxygen atoms in total. The van der Waals surface area contributed by atoms with Crippen LogP contribution in [0.2, 0.25) is 0 Å². The van der Waals surface area contributed by atoms with Crippen molar-refractivity contribution in [1.82, 2.24) is 15.0 Å². The van der Waals surface area contributed by atoms with Gasteiger partial charge in [0.2, 0.25) is 0 Å². The van der Waals surface area contributed by atoms with E-state index in [0.29, 0.717) is 12.4 Å². The van der Waals surface area contributed by atoms with Crippen LogP contribution in [-0.2, 0) is 6.54 Å². The second kappa shape index (κ2) is 4.73. The Balaban J connectivity index is 2.29. The van der Waals surface area contributed by atoms with E-state index in [4.69, 9.17) is 15.2 Å². The maximum absolute atomic E-state index is 5.51. The van der Waals surface area contributed by atoms with Gasteiger partial charge in [0, 0.05) is 5.56 Å². The van der Waals surface area contributed by atoms with Gasteiger partial charge in [-0.3, -0.25) is 0 Å². The van der Waals surface area contributed by atoms with Crippen LogP contribution < -0.4 is 15.2 Å². The first-order valence-corrected chi connectivity index (χ1v) is 5.09. The van der Waals surface area contributed by atoms with Crippen molar-refractivity contribution in [3.63, 3.8) is 0 Å². The number of nitrogens with two attached hydrogens (primary N) is 1. The summed E-state index contributed by atoms with van der Waals surface area (Å²) in [5.41, 5.74) is 6.46. The number of anilines is 1. The van der Waals surface area contributed by atoms with E-state index in [-0.39, 0.29) is 0 Å². The first-order chi connectivity index (χ1) is 8.22. The molecule has 0 aliphatic heterocycles. The quantitative estimate of drug-likeness (QED) is 0.851. The molecule has 0 atom stereocenters. The normalized spacial score (nSPS) is 10.2. The van der Waals surface area contributed by atoms with Gasteiger partial charge in [-0.2, -0.15) is 0 Å². The van der Waals surface area contributed by atoms with Crippen LogP contribution >= 0.6 is 0 Å². The molecule has 0 aliphatic rings. The zero-order chi connectivity index (χ0) is 12.3. The highest BCUT2D eigenvalue weighted by Gasteiger charge is 2.07. The minimum Gasteiger partial charge on any atom is -0.497 e. The molecule has 0 radical (unpaired) electrons. The van der Waals surface area contributed by atoms with E-state index >= 15 is 0 Å². The molecule has 17 heavy (non-hydrogen) atoms. The summed E-state index contributed by atoms with van der Waals surface area (Å²) in [5, 5.41) is 7.62. The molecule has 0 aliphatic carbocycles. The average molecular weight is 234 g/mol. The molecule has 1 aromatic heterocycles. The minimum absolute atomic E-state index is 0.395. The zero-order valence-electron chi connectivity index (χ0n) is 9.75. The van der Waals surface area contributed by atoms with Crippen LogP contribution in [0.15, 0.2) is 24.4 Å². The van der Waals surface area contributed by atoms with Crippen LogP contribution in [0.1, 0.15) is 5.56 Å². The predicted molar refractivity (Wildman–Crippen MR) is 63.1 cm³/mol. The Labute approximate surface area is 98.9 Å². The van der Waals surface area contributed by atoms with E-state index in [2.05, 4.69) is 10.3 Å². The monoisotopic (exact) mass is 234 g/mol. The van der Waals surface area contributed by atoms with Gasteiger partial charge in [-0.1, -0.05) is 5.21 Å². The topological polar surface area (TPSA) is 75.2 Å². The van der Waals surface area contributed by atoms with Crippen LogP contribution in [-0.4, -0.2) is 29.2 Å². The van der Waals surface area contributed by atoms with Crippen LogP contribution in [0.4, 0.5) is 5.82 Å². The first kappa shape index (κ1) is 11.3. The zero-order valence-corrected chi connectivity index (χ0v) is 9.75. The summed E-state index contributed by atoms with van der Waals surface area (Å²) in [6, 6.07) is 5.60. The van der Waals surface area contributed by atoms with Crippen molar-refractivity contribution < 1.29 is 9.47 Å². The molecule has 1 heterocycles. The molecule has 2 aromatic rings. The molecule has 2 rings (SSSR count). The summed E-state index contributed by atoms with van der Waals surface area (Å²) in [6.45, 7) is 0.532. The molecule has 0 bridgehead atoms. The number of hydrogen-bond acceptors (Lipinski definition) is 5. The predicted octanol–water partition coefficient (Wildman–Crippen LogP) is 0.926. The third-order valence-electron chi connectivity index (χ3n) is 2.38. The highest BCUT2D eigenvalue weighted by atomic mass is 16.5. The average Bonchev–Trinajstić information content (AvgIpc) is 2.74. The third-order valence-corrected chi connectivity index (χ3v) is 2.38. The Kier molecular flexibility index (Phi) is 3.13. The standard InChI is InChI=1S/C11H14N4O2/c1-16-9-3-4-10(17-2)8(5-9)6-15-7-11(12)13-14-15/h3-5,7H,6,12H2,1-2H3. The lowest BCUT2D eigenvalue weighted by Crippen LogP contribution is -2.03. The molecule has 6 heteroatoms. The fraction of sp³-hybridized carbons (Fsp3) is 0.273. The SMILES string of the molecule is COc1ccc(OC)c(Cn2cc(N)nn2)c1. The lowest BCUT2D eigenvalue weighted by molar-refractivity contribution is 0.396. The lowest BCUT2D eigenvalue weighted by atomic mass is 10.2. The molecular formula is C11H14N4O2. The molecule has 0 saturated carbocycles. The number of hydrogen-bond donors (Lipinski definition) is 1. The fourth-order valence-corrected chi connectivity index (χ4v) is 1.57. The molecule has 0 fully saturated rings. The summed E-state index contributed by atoms with van der Waals surface area (Å²) in [5.74, 6) is 1.95. The van der Waals surface area contributed by atoms with Gasteiger partial charge in [0.25, 0.3) is 0 Å². The molecule has 0 spiro atoms. The summed E-state index contributed by atoms with van der Waals surface area (Å²) in [4.78, 5) is 0. The third kappa shape index (κ3) is 2.47. The highest BCUT2D eigenvalue weighted by Crippen LogP contribution is 2.24. The number of nitrogen functional groups attached to an aromatic ring is 1. The van der Waals surface area contributed by atoms with Gasteiger partial charge in [0.15, 0.2) is 5.82 Å². The highest BCUT2D eigenvalue weighted by molar-refractivity contribution is 5.40. The van der Waals surface area contributed by atoms with Crippen molar-refractivity contribution in [2.24, 2.45) is 0 Å². The van der Waals surface area contributed by atoms with Crippen molar-refractivity contribution in [3.05, 3.63) is 30.0 Å². The fourth-order valence-electron chi connectivity index (χ4n) is 1.57. The second-order valence-corrected chi connectivity index (χ2v) is 3.52. The Morgan fingerprint density at radius 2 is 2.12 bits per heavy atom. The van der Waals surface area contributed by atoms with E-state index in [9.17, 15) is 0 Å². The van der Waals surface area contributed by atoms with E-state index in [1.54, 1.807) is 25.1 Å². The Hall–Kier alpha value is -2.24. The maximum atomic E-state index is 5.51. The van der Waals surface area contributed by atoms with Crippen molar-refractivity contribution in [2.45, 2.75) is 6.54 Å². The van der Waals surface area contributed by atoms with Crippen LogP contribution in [0, 0.1) is 0 Å². The molecule has 2 N–H and O–H groups in total. The van der Waals surface area contributed by atoms with E-state index in [1.807, 2.05) is 18.2 Å². The molecule has 0 saturated heterocycles.